The standard InChI is InChI=1S/C8H13O.Li/c1-7-4-5-8(2,6-7)9-3;/h4-5H2,1-3H3;/q-1;+1. The van der Waals surface area contributed by atoms with Gasteiger partial charge in [-0.05, 0) is 0 Å². The minimum absolute atomic E-state index is 0. The molecule has 2 heteroatoms. The van der Waals surface area contributed by atoms with Crippen LogP contribution in [0.25, 0.3) is 0 Å². The summed E-state index contributed by atoms with van der Waals surface area (Å²) in [6, 6.07) is 0. The number of hydrogen-bond donors (Lipinski definition) is 0. The summed E-state index contributed by atoms with van der Waals surface area (Å²) >= 11 is 0. The maximum atomic E-state index is 5.24. The Bertz CT molecular complexity index is 142. The van der Waals surface area contributed by atoms with Crippen molar-refractivity contribution in [1.82, 2.24) is 0 Å². The van der Waals surface area contributed by atoms with Crippen LogP contribution in [-0.2, 0) is 4.74 Å². The number of methoxy groups -OCH3 is 1. The van der Waals surface area contributed by atoms with Crippen molar-refractivity contribution in [3.63, 3.8) is 0 Å². The summed E-state index contributed by atoms with van der Waals surface area (Å²) in [6.07, 6.45) is 5.51. The van der Waals surface area contributed by atoms with E-state index in [1.807, 2.05) is 0 Å². The average Bonchev–Trinajstić information content (AvgIpc) is 2.13. The van der Waals surface area contributed by atoms with Crippen LogP contribution in [-0.4, -0.2) is 12.7 Å². The van der Waals surface area contributed by atoms with Crippen molar-refractivity contribution in [3.05, 3.63) is 11.6 Å². The molecule has 0 aromatic heterocycles. The molecule has 1 atom stereocenters. The van der Waals surface area contributed by atoms with Crippen LogP contribution in [0.15, 0.2) is 5.57 Å². The second kappa shape index (κ2) is 3.62. The fourth-order valence-corrected chi connectivity index (χ4v) is 1.16. The van der Waals surface area contributed by atoms with Crippen molar-refractivity contribution in [2.75, 3.05) is 7.11 Å². The van der Waals surface area contributed by atoms with E-state index in [9.17, 15) is 0 Å². The number of allylic oxidation sites excluding steroid dienone is 1. The molecule has 1 unspecified atom stereocenters. The first-order chi connectivity index (χ1) is 4.16. The van der Waals surface area contributed by atoms with Gasteiger partial charge in [-0.2, -0.15) is 0 Å². The van der Waals surface area contributed by atoms with Gasteiger partial charge in [0, 0.05) is 7.11 Å². The van der Waals surface area contributed by atoms with Gasteiger partial charge in [0.15, 0.2) is 0 Å². The van der Waals surface area contributed by atoms with E-state index in [-0.39, 0.29) is 24.5 Å². The van der Waals surface area contributed by atoms with Crippen LogP contribution in [0, 0.1) is 6.08 Å². The summed E-state index contributed by atoms with van der Waals surface area (Å²) < 4.78 is 5.24. The molecule has 0 saturated heterocycles. The fraction of sp³-hybridized carbons (Fsp3) is 0.750. The SMILES string of the molecule is COC1(C)[C-]=C(C)CC1.[Li+]. The third-order valence-electron chi connectivity index (χ3n) is 1.91. The van der Waals surface area contributed by atoms with E-state index in [1.54, 1.807) is 7.11 Å². The molecule has 0 spiro atoms. The van der Waals surface area contributed by atoms with Crippen molar-refractivity contribution in [2.24, 2.45) is 0 Å². The van der Waals surface area contributed by atoms with E-state index >= 15 is 0 Å². The third-order valence-corrected chi connectivity index (χ3v) is 1.91. The van der Waals surface area contributed by atoms with Crippen LogP contribution in [0.5, 0.6) is 0 Å². The maximum absolute atomic E-state index is 5.24. The molecular formula is C8H13LiO. The molecule has 0 radical (unpaired) electrons. The second-order valence-electron chi connectivity index (χ2n) is 2.84. The number of ether oxygens (including phenoxy) is 1. The molecule has 1 aliphatic rings. The van der Waals surface area contributed by atoms with Crippen molar-refractivity contribution in [3.8, 4) is 0 Å². The van der Waals surface area contributed by atoms with Gasteiger partial charge >= 0.3 is 18.9 Å². The van der Waals surface area contributed by atoms with Crippen molar-refractivity contribution in [2.45, 2.75) is 32.3 Å². The molecule has 0 amide bonds. The first kappa shape index (κ1) is 10.3. The predicted molar refractivity (Wildman–Crippen MR) is 37.1 cm³/mol. The molecular weight excluding hydrogens is 119 g/mol. The van der Waals surface area contributed by atoms with Crippen LogP contribution < -0.4 is 18.9 Å². The first-order valence-corrected chi connectivity index (χ1v) is 3.32. The molecule has 0 bridgehead atoms. The molecule has 0 aromatic rings. The van der Waals surface area contributed by atoms with Gasteiger partial charge in [0.2, 0.25) is 0 Å². The second-order valence-corrected chi connectivity index (χ2v) is 2.84. The molecule has 0 aliphatic heterocycles. The van der Waals surface area contributed by atoms with Crippen LogP contribution in [0.2, 0.25) is 0 Å². The van der Waals surface area contributed by atoms with Crippen molar-refractivity contribution < 1.29 is 23.6 Å². The topological polar surface area (TPSA) is 9.23 Å². The Kier molecular flexibility index (Phi) is 3.73. The van der Waals surface area contributed by atoms with Crippen LogP contribution >= 0.6 is 0 Å². The van der Waals surface area contributed by atoms with Gasteiger partial charge in [-0.3, -0.25) is 5.57 Å². The summed E-state index contributed by atoms with van der Waals surface area (Å²) in [5.41, 5.74) is 1.25. The van der Waals surface area contributed by atoms with E-state index in [0.717, 1.165) is 12.8 Å². The fourth-order valence-electron chi connectivity index (χ4n) is 1.16. The molecule has 52 valence electrons. The summed E-state index contributed by atoms with van der Waals surface area (Å²) in [5.74, 6) is 0. The quantitative estimate of drug-likeness (QED) is 0.326. The Morgan fingerprint density at radius 1 is 1.60 bits per heavy atom. The minimum atomic E-state index is -0.0793. The van der Waals surface area contributed by atoms with Gasteiger partial charge in [-0.25, -0.2) is 0 Å². The van der Waals surface area contributed by atoms with E-state index < -0.39 is 0 Å². The maximum Gasteiger partial charge on any atom is 1.00 e. The first-order valence-electron chi connectivity index (χ1n) is 3.32. The van der Waals surface area contributed by atoms with E-state index in [0.29, 0.717) is 0 Å². The summed E-state index contributed by atoms with van der Waals surface area (Å²) in [6.45, 7) is 4.17. The van der Waals surface area contributed by atoms with Gasteiger partial charge in [0.1, 0.15) is 0 Å². The van der Waals surface area contributed by atoms with Crippen LogP contribution in [0.3, 0.4) is 0 Å². The van der Waals surface area contributed by atoms with E-state index in [4.69, 9.17) is 4.74 Å². The predicted octanol–water partition coefficient (Wildman–Crippen LogP) is -1.06. The van der Waals surface area contributed by atoms with Gasteiger partial charge in [-0.1, -0.05) is 32.3 Å². The summed E-state index contributed by atoms with van der Waals surface area (Å²) in [7, 11) is 1.74. The molecule has 1 rings (SSSR count). The smallest absolute Gasteiger partial charge is 0.464 e. The molecule has 0 aromatic carbocycles. The van der Waals surface area contributed by atoms with Gasteiger partial charge in [-0.15, -0.1) is 0 Å². The molecule has 0 N–H and O–H groups in total. The summed E-state index contributed by atoms with van der Waals surface area (Å²) in [5, 5.41) is 0. The third kappa shape index (κ3) is 2.16. The largest absolute Gasteiger partial charge is 1.00 e. The Hall–Kier alpha value is 0.297. The van der Waals surface area contributed by atoms with Gasteiger partial charge < -0.3 is 10.8 Å². The molecule has 1 aliphatic carbocycles. The van der Waals surface area contributed by atoms with Gasteiger partial charge in [0.25, 0.3) is 0 Å². The van der Waals surface area contributed by atoms with Crippen molar-refractivity contribution in [1.29, 1.82) is 0 Å². The molecule has 0 heterocycles. The number of rotatable bonds is 1. The Labute approximate surface area is 75.0 Å². The Morgan fingerprint density at radius 3 is 2.40 bits per heavy atom. The molecule has 0 fully saturated rings. The minimum Gasteiger partial charge on any atom is -0.464 e. The average molecular weight is 132 g/mol. The zero-order chi connectivity index (χ0) is 6.91. The van der Waals surface area contributed by atoms with Crippen molar-refractivity contribution >= 4 is 0 Å². The molecule has 0 saturated carbocycles. The van der Waals surface area contributed by atoms with Crippen LogP contribution in [0.4, 0.5) is 0 Å². The normalized spacial score (nSPS) is 31.3. The Morgan fingerprint density at radius 2 is 2.20 bits per heavy atom. The van der Waals surface area contributed by atoms with Crippen LogP contribution in [0.1, 0.15) is 26.7 Å². The monoisotopic (exact) mass is 132 g/mol. The van der Waals surface area contributed by atoms with Gasteiger partial charge in [0.05, 0.1) is 0 Å². The van der Waals surface area contributed by atoms with E-state index in [1.165, 1.54) is 5.57 Å². The molecule has 1 nitrogen and oxygen atoms in total. The van der Waals surface area contributed by atoms with E-state index in [2.05, 4.69) is 19.9 Å². The Balaban J connectivity index is 0.000000810. The zero-order valence-electron chi connectivity index (χ0n) is 7.32. The zero-order valence-corrected chi connectivity index (χ0v) is 7.32. The summed E-state index contributed by atoms with van der Waals surface area (Å²) in [4.78, 5) is 0. The number of hydrogen-bond acceptors (Lipinski definition) is 1. The molecule has 10 heavy (non-hydrogen) atoms.